The van der Waals surface area contributed by atoms with E-state index >= 15 is 0 Å². The number of nitro benzene ring substituents is 1. The van der Waals surface area contributed by atoms with E-state index < -0.39 is 45.8 Å². The summed E-state index contributed by atoms with van der Waals surface area (Å²) in [5.74, 6) is -1.97. The van der Waals surface area contributed by atoms with Gasteiger partial charge in [0.25, 0.3) is 11.6 Å². The highest BCUT2D eigenvalue weighted by Crippen LogP contribution is 2.32. The minimum absolute atomic E-state index is 0.314. The molecule has 1 atom stereocenters. The van der Waals surface area contributed by atoms with Crippen molar-refractivity contribution in [2.24, 2.45) is 5.73 Å². The Hall–Kier alpha value is -2.65. The molecule has 114 valence electrons. The number of nitrogens with zero attached hydrogens (tertiary/aromatic N) is 1. The fraction of sp³-hybridized carbons (Fsp3) is 0.273. The zero-order valence-corrected chi connectivity index (χ0v) is 10.6. The topological polar surface area (TPSA) is 115 Å². The van der Waals surface area contributed by atoms with Crippen molar-refractivity contribution in [2.45, 2.75) is 19.1 Å². The normalized spacial score (nSPS) is 12.6. The number of hydrogen-bond donors (Lipinski definition) is 2. The second-order valence-corrected chi connectivity index (χ2v) is 4.12. The molecule has 0 aromatic heterocycles. The van der Waals surface area contributed by atoms with Crippen LogP contribution in [0.4, 0.5) is 18.9 Å². The summed E-state index contributed by atoms with van der Waals surface area (Å²) in [7, 11) is 0. The standard InChI is InChI=1S/C11H10F3N3O4/c1-5(9(15)18)16-10(19)6-2-7(11(12,13)14)4-8(3-6)17(20)21/h2-5H,1H3,(H2,15,18)(H,16,19)/t5-/m0/s1. The number of rotatable bonds is 4. The third-order valence-corrected chi connectivity index (χ3v) is 2.49. The molecule has 0 heterocycles. The number of benzene rings is 1. The van der Waals surface area contributed by atoms with E-state index in [9.17, 15) is 32.9 Å². The maximum atomic E-state index is 12.6. The zero-order chi connectivity index (χ0) is 16.4. The largest absolute Gasteiger partial charge is 0.416 e. The van der Waals surface area contributed by atoms with Crippen LogP contribution < -0.4 is 11.1 Å². The molecular formula is C11H10F3N3O4. The maximum Gasteiger partial charge on any atom is 0.416 e. The second kappa shape index (κ2) is 5.77. The summed E-state index contributed by atoms with van der Waals surface area (Å²) < 4.78 is 37.9. The molecule has 2 amide bonds. The van der Waals surface area contributed by atoms with E-state index in [0.717, 1.165) is 0 Å². The summed E-state index contributed by atoms with van der Waals surface area (Å²) in [5.41, 5.74) is 2.08. The van der Waals surface area contributed by atoms with Gasteiger partial charge in [-0.1, -0.05) is 0 Å². The first kappa shape index (κ1) is 16.4. The molecule has 10 heteroatoms. The number of carbonyl (C=O) groups excluding carboxylic acids is 2. The number of halogens is 3. The van der Waals surface area contributed by atoms with Gasteiger partial charge < -0.3 is 11.1 Å². The van der Waals surface area contributed by atoms with Crippen LogP contribution in [0.2, 0.25) is 0 Å². The number of nitro groups is 1. The van der Waals surface area contributed by atoms with Crippen LogP contribution in [0.25, 0.3) is 0 Å². The second-order valence-electron chi connectivity index (χ2n) is 4.12. The predicted molar refractivity (Wildman–Crippen MR) is 64.2 cm³/mol. The molecule has 1 aromatic rings. The summed E-state index contributed by atoms with van der Waals surface area (Å²) in [5, 5.41) is 12.7. The van der Waals surface area contributed by atoms with Gasteiger partial charge in [-0.2, -0.15) is 13.2 Å². The van der Waals surface area contributed by atoms with Gasteiger partial charge in [0.05, 0.1) is 10.5 Å². The first-order valence-corrected chi connectivity index (χ1v) is 5.49. The predicted octanol–water partition coefficient (Wildman–Crippen LogP) is 1.22. The number of non-ortho nitro benzene ring substituents is 1. The first-order chi connectivity index (χ1) is 9.52. The van der Waals surface area contributed by atoms with Crippen molar-refractivity contribution in [3.05, 3.63) is 39.4 Å². The average Bonchev–Trinajstić information content (AvgIpc) is 2.36. The van der Waals surface area contributed by atoms with Crippen LogP contribution in [0, 0.1) is 10.1 Å². The molecule has 0 saturated heterocycles. The Morgan fingerprint density at radius 2 is 1.90 bits per heavy atom. The van der Waals surface area contributed by atoms with Crippen LogP contribution in [0.15, 0.2) is 18.2 Å². The van der Waals surface area contributed by atoms with Gasteiger partial charge in [-0.15, -0.1) is 0 Å². The van der Waals surface area contributed by atoms with Gasteiger partial charge in [0, 0.05) is 17.7 Å². The summed E-state index contributed by atoms with van der Waals surface area (Å²) in [6.07, 6.45) is -4.85. The number of primary amides is 1. The van der Waals surface area contributed by atoms with Gasteiger partial charge in [-0.05, 0) is 13.0 Å². The molecule has 0 spiro atoms. The van der Waals surface area contributed by atoms with Crippen molar-refractivity contribution in [1.82, 2.24) is 5.32 Å². The number of nitrogens with one attached hydrogen (secondary N) is 1. The highest BCUT2D eigenvalue weighted by atomic mass is 19.4. The smallest absolute Gasteiger partial charge is 0.368 e. The van der Waals surface area contributed by atoms with E-state index in [4.69, 9.17) is 5.73 Å². The molecule has 1 aromatic carbocycles. The van der Waals surface area contributed by atoms with Gasteiger partial charge in [0.2, 0.25) is 5.91 Å². The molecule has 21 heavy (non-hydrogen) atoms. The highest BCUT2D eigenvalue weighted by Gasteiger charge is 2.33. The zero-order valence-electron chi connectivity index (χ0n) is 10.6. The van der Waals surface area contributed by atoms with Crippen molar-refractivity contribution < 1.29 is 27.7 Å². The SMILES string of the molecule is C[C@H](NC(=O)c1cc([N+](=O)[O-])cc(C(F)(F)F)c1)C(N)=O. The van der Waals surface area contributed by atoms with E-state index in [1.165, 1.54) is 6.92 Å². The molecule has 0 radical (unpaired) electrons. The molecule has 1 rings (SSSR count). The lowest BCUT2D eigenvalue weighted by atomic mass is 10.1. The number of carbonyl (C=O) groups is 2. The van der Waals surface area contributed by atoms with Gasteiger partial charge in [0.1, 0.15) is 6.04 Å². The van der Waals surface area contributed by atoms with Crippen LogP contribution in [0.5, 0.6) is 0 Å². The molecule has 0 unspecified atom stereocenters. The van der Waals surface area contributed by atoms with Crippen LogP contribution in [0.1, 0.15) is 22.8 Å². The van der Waals surface area contributed by atoms with Gasteiger partial charge in [-0.3, -0.25) is 19.7 Å². The van der Waals surface area contributed by atoms with Crippen LogP contribution in [-0.2, 0) is 11.0 Å². The maximum absolute atomic E-state index is 12.6. The summed E-state index contributed by atoms with van der Waals surface area (Å²) in [6.45, 7) is 1.22. The van der Waals surface area contributed by atoms with E-state index in [2.05, 4.69) is 0 Å². The van der Waals surface area contributed by atoms with E-state index in [-0.39, 0.29) is 0 Å². The molecule has 0 aliphatic rings. The van der Waals surface area contributed by atoms with Crippen molar-refractivity contribution >= 4 is 17.5 Å². The highest BCUT2D eigenvalue weighted by molar-refractivity contribution is 5.97. The van der Waals surface area contributed by atoms with Crippen LogP contribution in [0.3, 0.4) is 0 Å². The van der Waals surface area contributed by atoms with Gasteiger partial charge in [-0.25, -0.2) is 0 Å². The third kappa shape index (κ3) is 4.16. The van der Waals surface area contributed by atoms with Gasteiger partial charge in [0.15, 0.2) is 0 Å². The first-order valence-electron chi connectivity index (χ1n) is 5.49. The summed E-state index contributed by atoms with van der Waals surface area (Å²) >= 11 is 0. The van der Waals surface area contributed by atoms with E-state index in [0.29, 0.717) is 18.2 Å². The minimum Gasteiger partial charge on any atom is -0.368 e. The Labute approximate surface area is 116 Å². The molecule has 0 bridgehead atoms. The molecule has 0 aliphatic heterocycles. The fourth-order valence-electron chi connectivity index (χ4n) is 1.36. The Kier molecular flexibility index (Phi) is 4.51. The average molecular weight is 305 g/mol. The quantitative estimate of drug-likeness (QED) is 0.642. The number of hydrogen-bond acceptors (Lipinski definition) is 4. The van der Waals surface area contributed by atoms with E-state index in [1.54, 1.807) is 0 Å². The number of alkyl halides is 3. The summed E-state index contributed by atoms with van der Waals surface area (Å²) in [6, 6.07) is 0.314. The van der Waals surface area contributed by atoms with Crippen LogP contribution in [-0.4, -0.2) is 22.8 Å². The molecular weight excluding hydrogens is 295 g/mol. The van der Waals surface area contributed by atoms with Crippen LogP contribution >= 0.6 is 0 Å². The molecule has 0 aliphatic carbocycles. The molecule has 0 saturated carbocycles. The minimum atomic E-state index is -4.85. The lowest BCUT2D eigenvalue weighted by molar-refractivity contribution is -0.385. The van der Waals surface area contributed by atoms with E-state index in [1.807, 2.05) is 5.32 Å². The molecule has 3 N–H and O–H groups in total. The Morgan fingerprint density at radius 1 is 1.33 bits per heavy atom. The lowest BCUT2D eigenvalue weighted by Gasteiger charge is -2.12. The Morgan fingerprint density at radius 3 is 2.33 bits per heavy atom. The Balaban J connectivity index is 3.23. The number of amides is 2. The van der Waals surface area contributed by atoms with Gasteiger partial charge >= 0.3 is 6.18 Å². The van der Waals surface area contributed by atoms with Crippen molar-refractivity contribution in [1.29, 1.82) is 0 Å². The van der Waals surface area contributed by atoms with Crippen molar-refractivity contribution in [3.8, 4) is 0 Å². The van der Waals surface area contributed by atoms with Crippen molar-refractivity contribution in [2.75, 3.05) is 0 Å². The molecule has 7 nitrogen and oxygen atoms in total. The van der Waals surface area contributed by atoms with Crippen molar-refractivity contribution in [3.63, 3.8) is 0 Å². The monoisotopic (exact) mass is 305 g/mol. The summed E-state index contributed by atoms with van der Waals surface area (Å²) in [4.78, 5) is 32.1. The molecule has 0 fully saturated rings. The lowest BCUT2D eigenvalue weighted by Crippen LogP contribution is -2.42. The Bertz CT molecular complexity index is 601. The number of nitrogens with two attached hydrogens (primary N) is 1. The fourth-order valence-corrected chi connectivity index (χ4v) is 1.36. The third-order valence-electron chi connectivity index (χ3n) is 2.49.